The Hall–Kier alpha value is -5.94. The molecule has 1 aromatic carbocycles. The predicted molar refractivity (Wildman–Crippen MR) is 245 cm³/mol. The van der Waals surface area contributed by atoms with Crippen molar-refractivity contribution in [3.8, 4) is 0 Å². The Morgan fingerprint density at radius 2 is 1.62 bits per heavy atom. The van der Waals surface area contributed by atoms with E-state index in [0.717, 1.165) is 100 Å². The van der Waals surface area contributed by atoms with Gasteiger partial charge in [0.1, 0.15) is 11.9 Å². The fourth-order valence-corrected chi connectivity index (χ4v) is 10.6. The zero-order valence-electron chi connectivity index (χ0n) is 36.7. The number of piperidine rings is 3. The van der Waals surface area contributed by atoms with E-state index in [0.29, 0.717) is 54.2 Å². The van der Waals surface area contributed by atoms with Crippen LogP contribution in [0.5, 0.6) is 0 Å². The zero-order valence-corrected chi connectivity index (χ0v) is 37.5. The molecule has 342 valence electrons. The van der Waals surface area contributed by atoms with Crippen LogP contribution in [0.4, 0.5) is 5.82 Å². The van der Waals surface area contributed by atoms with Gasteiger partial charge in [-0.1, -0.05) is 25.0 Å². The zero-order chi connectivity index (χ0) is 45.3. The highest BCUT2D eigenvalue weighted by Crippen LogP contribution is 2.35. The molecule has 0 saturated carbocycles. The second-order valence-electron chi connectivity index (χ2n) is 17.4. The molecule has 4 fully saturated rings. The third-order valence-electron chi connectivity index (χ3n) is 13.3. The summed E-state index contributed by atoms with van der Waals surface area (Å²) in [6.45, 7) is 6.79. The number of benzene rings is 1. The second kappa shape index (κ2) is 21.4. The largest absolute Gasteiger partial charge is 0.357 e. The minimum atomic E-state index is -1.02. The normalized spacial score (nSPS) is 20.1. The number of likely N-dealkylation sites (tertiary alicyclic amines) is 1. The molecule has 0 radical (unpaired) electrons. The van der Waals surface area contributed by atoms with E-state index in [9.17, 15) is 33.6 Å². The van der Waals surface area contributed by atoms with Gasteiger partial charge in [0.15, 0.2) is 0 Å². The lowest BCUT2D eigenvalue weighted by Gasteiger charge is -2.43. The maximum atomic E-state index is 13.4. The fraction of sp³-hybridized carbons (Fsp3) is 0.479. The van der Waals surface area contributed by atoms with E-state index in [1.165, 1.54) is 11.8 Å². The number of aromatic nitrogens is 2. The number of hydrogen-bond donors (Lipinski definition) is 2. The van der Waals surface area contributed by atoms with Crippen LogP contribution in [-0.4, -0.2) is 148 Å². The van der Waals surface area contributed by atoms with Crippen LogP contribution in [0.25, 0.3) is 6.08 Å². The Labute approximate surface area is 383 Å². The van der Waals surface area contributed by atoms with Gasteiger partial charge in [0.05, 0.1) is 16.7 Å². The van der Waals surface area contributed by atoms with E-state index in [2.05, 4.69) is 25.4 Å². The minimum absolute atomic E-state index is 0.0354. The van der Waals surface area contributed by atoms with Gasteiger partial charge in [-0.15, -0.1) is 11.8 Å². The third kappa shape index (κ3) is 11.1. The number of piperazine rings is 1. The highest BCUT2D eigenvalue weighted by atomic mass is 32.2. The van der Waals surface area contributed by atoms with Crippen molar-refractivity contribution >= 4 is 65.0 Å². The van der Waals surface area contributed by atoms with Gasteiger partial charge >= 0.3 is 0 Å². The first-order valence-corrected chi connectivity index (χ1v) is 24.0. The van der Waals surface area contributed by atoms with Crippen LogP contribution >= 0.6 is 11.8 Å². The number of nitrogens with one attached hydrogen (secondary N) is 2. The highest BCUT2D eigenvalue weighted by Gasteiger charge is 2.45. The van der Waals surface area contributed by atoms with Crippen LogP contribution in [0, 0.1) is 5.92 Å². The average molecular weight is 904 g/mol. The smallest absolute Gasteiger partial charge is 0.263 e. The number of amides is 7. The van der Waals surface area contributed by atoms with Crippen LogP contribution in [0.1, 0.15) is 101 Å². The summed E-state index contributed by atoms with van der Waals surface area (Å²) in [4.78, 5) is 108. The number of carbonyl (C=O) groups excluding carboxylic acids is 7. The highest BCUT2D eigenvalue weighted by molar-refractivity contribution is 7.99. The van der Waals surface area contributed by atoms with E-state index < -0.39 is 29.7 Å². The molecular weight excluding hydrogens is 847 g/mol. The first-order chi connectivity index (χ1) is 31.6. The summed E-state index contributed by atoms with van der Waals surface area (Å²) in [7, 11) is 0. The van der Waals surface area contributed by atoms with Gasteiger partial charge in [0, 0.05) is 113 Å². The SMILES string of the molecule is O=C(/C=C/c1cccnc1)NCCCCC1CCN(C(=O)c2ccc(N3CCC(N4CCN(C(=O)CCSc5cccc6c5C(=O)N(C5CCC(=O)NC5=O)C6=O)CC4)CC3)nc2)CC1. The summed E-state index contributed by atoms with van der Waals surface area (Å²) in [6.07, 6.45) is 15.9. The quantitative estimate of drug-likeness (QED) is 0.0968. The topological polar surface area (TPSA) is 186 Å². The molecular formula is C48H57N9O7S. The van der Waals surface area contributed by atoms with E-state index in [-0.39, 0.29) is 41.7 Å². The number of pyridine rings is 2. The van der Waals surface area contributed by atoms with Crippen molar-refractivity contribution in [2.45, 2.75) is 81.2 Å². The van der Waals surface area contributed by atoms with Gasteiger partial charge in [-0.3, -0.25) is 53.7 Å². The number of unbranched alkanes of at least 4 members (excludes halogenated alkanes) is 1. The lowest BCUT2D eigenvalue weighted by atomic mass is 9.91. The van der Waals surface area contributed by atoms with Crippen LogP contribution in [0.15, 0.2) is 72.0 Å². The van der Waals surface area contributed by atoms with Crippen LogP contribution in [0.2, 0.25) is 0 Å². The monoisotopic (exact) mass is 903 g/mol. The Bertz CT molecular complexity index is 2270. The molecule has 7 heterocycles. The van der Waals surface area contributed by atoms with Gasteiger partial charge in [-0.25, -0.2) is 4.98 Å². The molecule has 65 heavy (non-hydrogen) atoms. The average Bonchev–Trinajstić information content (AvgIpc) is 3.59. The maximum absolute atomic E-state index is 13.4. The first kappa shape index (κ1) is 45.6. The molecule has 5 aliphatic heterocycles. The van der Waals surface area contributed by atoms with Crippen LogP contribution in [-0.2, 0) is 19.2 Å². The van der Waals surface area contributed by atoms with E-state index in [4.69, 9.17) is 4.98 Å². The molecule has 17 heteroatoms. The summed E-state index contributed by atoms with van der Waals surface area (Å²) in [6, 6.07) is 12.1. The molecule has 7 amide bonds. The Kier molecular flexibility index (Phi) is 15.0. The Morgan fingerprint density at radius 3 is 2.34 bits per heavy atom. The molecule has 4 saturated heterocycles. The summed E-state index contributed by atoms with van der Waals surface area (Å²) in [5.74, 6) is -0.246. The van der Waals surface area contributed by atoms with Gasteiger partial charge in [0.2, 0.25) is 23.6 Å². The molecule has 1 unspecified atom stereocenters. The van der Waals surface area contributed by atoms with Crippen molar-refractivity contribution in [3.63, 3.8) is 0 Å². The number of carbonyl (C=O) groups is 7. The Morgan fingerprint density at radius 1 is 0.815 bits per heavy atom. The number of imide groups is 2. The summed E-state index contributed by atoms with van der Waals surface area (Å²) >= 11 is 1.36. The van der Waals surface area contributed by atoms with E-state index in [1.54, 1.807) is 48.9 Å². The number of hydrogen-bond acceptors (Lipinski definition) is 12. The van der Waals surface area contributed by atoms with Gasteiger partial charge in [0.25, 0.3) is 17.7 Å². The number of fused-ring (bicyclic) bond motifs is 1. The number of nitrogens with zero attached hydrogens (tertiary/aromatic N) is 7. The maximum Gasteiger partial charge on any atom is 0.263 e. The van der Waals surface area contributed by atoms with Crippen molar-refractivity contribution in [2.75, 3.05) is 69.6 Å². The summed E-state index contributed by atoms with van der Waals surface area (Å²) in [5, 5.41) is 5.18. The summed E-state index contributed by atoms with van der Waals surface area (Å²) in [5.41, 5.74) is 2.00. The molecule has 8 rings (SSSR count). The molecule has 0 aliphatic carbocycles. The summed E-state index contributed by atoms with van der Waals surface area (Å²) < 4.78 is 0. The number of anilines is 1. The lowest BCUT2D eigenvalue weighted by molar-refractivity contribution is -0.136. The molecule has 0 spiro atoms. The molecule has 2 aromatic heterocycles. The van der Waals surface area contributed by atoms with Gasteiger partial charge in [-0.05, 0) is 86.4 Å². The Balaban J connectivity index is 0.700. The van der Waals surface area contributed by atoms with Crippen molar-refractivity contribution in [1.82, 2.24) is 40.2 Å². The van der Waals surface area contributed by atoms with E-state index in [1.807, 2.05) is 34.1 Å². The number of thioether (sulfide) groups is 1. The molecule has 5 aliphatic rings. The van der Waals surface area contributed by atoms with Crippen LogP contribution in [0.3, 0.4) is 0 Å². The van der Waals surface area contributed by atoms with Gasteiger partial charge < -0.3 is 20.0 Å². The fourth-order valence-electron chi connectivity index (χ4n) is 9.59. The lowest BCUT2D eigenvalue weighted by Crippen LogP contribution is -2.54. The van der Waals surface area contributed by atoms with Crippen molar-refractivity contribution in [2.24, 2.45) is 5.92 Å². The van der Waals surface area contributed by atoms with Crippen molar-refractivity contribution < 1.29 is 33.6 Å². The molecule has 0 bridgehead atoms. The molecule has 16 nitrogen and oxygen atoms in total. The number of rotatable bonds is 15. The predicted octanol–water partition coefficient (Wildman–Crippen LogP) is 4.03. The molecule has 1 atom stereocenters. The first-order valence-electron chi connectivity index (χ1n) is 23.0. The molecule has 3 aromatic rings. The van der Waals surface area contributed by atoms with Crippen molar-refractivity contribution in [1.29, 1.82) is 0 Å². The second-order valence-corrected chi connectivity index (χ2v) is 18.5. The van der Waals surface area contributed by atoms with Gasteiger partial charge in [-0.2, -0.15) is 0 Å². The van der Waals surface area contributed by atoms with E-state index >= 15 is 0 Å². The third-order valence-corrected chi connectivity index (χ3v) is 14.4. The van der Waals surface area contributed by atoms with Crippen molar-refractivity contribution in [3.05, 3.63) is 89.4 Å². The molecule has 2 N–H and O–H groups in total. The minimum Gasteiger partial charge on any atom is -0.357 e. The standard InChI is InChI=1S/C48H57N9O7S/c58-41(13-9-34-6-4-20-49-31-34)50-21-2-1-5-33-15-22-56(23-16-33)46(62)35-10-12-40(51-32-35)54-24-17-36(18-25-54)53-26-28-55(29-27-53)43(60)19-30-65-39-8-3-7-37-44(39)48(64)57(47(37)63)38-11-14-42(59)52-45(38)61/h3-4,6-10,12-13,20,31-33,36,38H,1-2,5,11,14-19,21-30H2,(H,50,58)(H,52,59,61)/b13-9+. The van der Waals surface area contributed by atoms with Crippen LogP contribution < -0.4 is 15.5 Å².